The van der Waals surface area contributed by atoms with E-state index in [0.717, 1.165) is 6.07 Å². The normalized spacial score (nSPS) is 10.9. The lowest BCUT2D eigenvalue weighted by atomic mass is 10.2. The number of rotatable bonds is 6. The molecule has 0 unspecified atom stereocenters. The fourth-order valence-electron chi connectivity index (χ4n) is 1.91. The van der Waals surface area contributed by atoms with Gasteiger partial charge >= 0.3 is 11.7 Å². The van der Waals surface area contributed by atoms with Gasteiger partial charge in [-0.25, -0.2) is 4.79 Å². The van der Waals surface area contributed by atoms with Gasteiger partial charge in [0, 0.05) is 23.8 Å². The number of nitro benzene ring substituents is 2. The number of hydrogen-bond donors (Lipinski definition) is 1. The van der Waals surface area contributed by atoms with E-state index in [1.54, 1.807) is 0 Å². The van der Waals surface area contributed by atoms with Crippen molar-refractivity contribution in [3.8, 4) is 5.75 Å². The zero-order valence-electron chi connectivity index (χ0n) is 13.3. The molecule has 0 radical (unpaired) electrons. The van der Waals surface area contributed by atoms with E-state index in [9.17, 15) is 25.0 Å². The number of methoxy groups -OCH3 is 1. The molecule has 26 heavy (non-hydrogen) atoms. The van der Waals surface area contributed by atoms with Gasteiger partial charge in [-0.15, -0.1) is 0 Å². The summed E-state index contributed by atoms with van der Waals surface area (Å²) in [7, 11) is 1.26. The number of nitro groups is 2. The predicted octanol–water partition coefficient (Wildman–Crippen LogP) is 1.99. The molecule has 2 rings (SSSR count). The van der Waals surface area contributed by atoms with Crippen molar-refractivity contribution in [2.75, 3.05) is 7.11 Å². The second-order valence-electron chi connectivity index (χ2n) is 4.80. The van der Waals surface area contributed by atoms with Crippen LogP contribution in [0, 0.1) is 20.2 Å². The highest BCUT2D eigenvalue weighted by Crippen LogP contribution is 2.27. The van der Waals surface area contributed by atoms with Crippen molar-refractivity contribution >= 4 is 23.2 Å². The van der Waals surface area contributed by atoms with Crippen molar-refractivity contribution in [1.82, 2.24) is 0 Å². The third kappa shape index (κ3) is 4.08. The van der Waals surface area contributed by atoms with Gasteiger partial charge in [0.2, 0.25) is 0 Å². The second-order valence-corrected chi connectivity index (χ2v) is 4.80. The largest absolute Gasteiger partial charge is 0.490 e. The highest BCUT2D eigenvalue weighted by atomic mass is 16.7. The number of carbonyl (C=O) groups excluding carboxylic acids is 1. The number of carbonyl (C=O) groups is 1. The number of non-ortho nitro benzene ring substituents is 1. The molecule has 2 aromatic rings. The molecule has 0 saturated carbocycles. The standard InChI is InChI=1S/C15H12N4O7/c1-25-13-7-4-10(8-12(13)19(23)24)15(20)26-17-14(16)9-2-5-11(6-3-9)18(21)22/h2-8H,1H3,(H2,16,17). The van der Waals surface area contributed by atoms with Crippen molar-refractivity contribution in [2.45, 2.75) is 0 Å². The minimum atomic E-state index is -0.972. The monoisotopic (exact) mass is 360 g/mol. The van der Waals surface area contributed by atoms with Gasteiger partial charge in [0.05, 0.1) is 22.5 Å². The molecule has 0 fully saturated rings. The maximum absolute atomic E-state index is 12.0. The van der Waals surface area contributed by atoms with Crippen LogP contribution in [-0.2, 0) is 4.84 Å². The molecule has 0 atom stereocenters. The molecular weight excluding hydrogens is 348 g/mol. The van der Waals surface area contributed by atoms with Crippen LogP contribution in [0.3, 0.4) is 0 Å². The molecule has 134 valence electrons. The molecule has 2 N–H and O–H groups in total. The molecule has 0 aliphatic heterocycles. The van der Waals surface area contributed by atoms with E-state index in [-0.39, 0.29) is 22.8 Å². The van der Waals surface area contributed by atoms with Crippen LogP contribution in [0.2, 0.25) is 0 Å². The minimum absolute atomic E-state index is 0.0135. The molecule has 11 nitrogen and oxygen atoms in total. The third-order valence-electron chi connectivity index (χ3n) is 3.21. The fraction of sp³-hybridized carbons (Fsp3) is 0.0667. The summed E-state index contributed by atoms with van der Waals surface area (Å²) in [6.45, 7) is 0. The highest BCUT2D eigenvalue weighted by molar-refractivity contribution is 5.98. The van der Waals surface area contributed by atoms with E-state index in [4.69, 9.17) is 10.5 Å². The SMILES string of the molecule is COc1ccc(C(=O)O/N=C(\N)c2ccc([N+](=O)[O-])cc2)cc1[N+](=O)[O-]. The Kier molecular flexibility index (Phi) is 5.43. The van der Waals surface area contributed by atoms with Gasteiger partial charge in [0.25, 0.3) is 5.69 Å². The van der Waals surface area contributed by atoms with Crippen LogP contribution in [0.1, 0.15) is 15.9 Å². The summed E-state index contributed by atoms with van der Waals surface area (Å²) < 4.78 is 4.83. The molecule has 0 amide bonds. The first-order valence-corrected chi connectivity index (χ1v) is 6.95. The lowest BCUT2D eigenvalue weighted by molar-refractivity contribution is -0.385. The second kappa shape index (κ2) is 7.70. The molecule has 0 saturated heterocycles. The number of ether oxygens (including phenoxy) is 1. The molecule has 11 heteroatoms. The summed E-state index contributed by atoms with van der Waals surface area (Å²) in [6, 6.07) is 8.60. The van der Waals surface area contributed by atoms with Crippen molar-refractivity contribution in [1.29, 1.82) is 0 Å². The number of oxime groups is 1. The maximum atomic E-state index is 12.0. The summed E-state index contributed by atoms with van der Waals surface area (Å²) in [5.41, 5.74) is 5.27. The maximum Gasteiger partial charge on any atom is 0.366 e. The molecular formula is C15H12N4O7. The molecule has 0 heterocycles. The number of benzene rings is 2. The predicted molar refractivity (Wildman–Crippen MR) is 88.9 cm³/mol. The number of hydrogen-bond acceptors (Lipinski definition) is 8. The van der Waals surface area contributed by atoms with Crippen LogP contribution in [0.5, 0.6) is 5.75 Å². The van der Waals surface area contributed by atoms with Crippen LogP contribution in [0.25, 0.3) is 0 Å². The van der Waals surface area contributed by atoms with Gasteiger partial charge in [-0.3, -0.25) is 20.2 Å². The van der Waals surface area contributed by atoms with Gasteiger partial charge in [-0.2, -0.15) is 0 Å². The van der Waals surface area contributed by atoms with Crippen LogP contribution in [-0.4, -0.2) is 28.8 Å². The summed E-state index contributed by atoms with van der Waals surface area (Å²) >= 11 is 0. The third-order valence-corrected chi connectivity index (χ3v) is 3.21. The van der Waals surface area contributed by atoms with E-state index in [1.807, 2.05) is 0 Å². The quantitative estimate of drug-likeness (QED) is 0.269. The van der Waals surface area contributed by atoms with Crippen molar-refractivity contribution in [3.63, 3.8) is 0 Å². The summed E-state index contributed by atoms with van der Waals surface area (Å²) in [4.78, 5) is 36.9. The Morgan fingerprint density at radius 1 is 1.04 bits per heavy atom. The van der Waals surface area contributed by atoms with E-state index in [1.165, 1.54) is 43.5 Å². The van der Waals surface area contributed by atoms with E-state index in [2.05, 4.69) is 9.99 Å². The Morgan fingerprint density at radius 2 is 1.65 bits per heavy atom. The van der Waals surface area contributed by atoms with Gasteiger partial charge in [0.15, 0.2) is 11.6 Å². The van der Waals surface area contributed by atoms with Crippen LogP contribution < -0.4 is 10.5 Å². The first kappa shape index (κ1) is 18.3. The summed E-state index contributed by atoms with van der Waals surface area (Å²) in [5.74, 6) is -1.18. The lowest BCUT2D eigenvalue weighted by Gasteiger charge is -2.04. The summed E-state index contributed by atoms with van der Waals surface area (Å²) in [6.07, 6.45) is 0. The Balaban J connectivity index is 2.16. The number of nitrogens with zero attached hydrogens (tertiary/aromatic N) is 3. The smallest absolute Gasteiger partial charge is 0.366 e. The summed E-state index contributed by atoms with van der Waals surface area (Å²) in [5, 5.41) is 25.0. The van der Waals surface area contributed by atoms with Crippen molar-refractivity contribution < 1.29 is 24.2 Å². The van der Waals surface area contributed by atoms with E-state index in [0.29, 0.717) is 5.56 Å². The van der Waals surface area contributed by atoms with Crippen molar-refractivity contribution in [2.24, 2.45) is 10.9 Å². The van der Waals surface area contributed by atoms with Gasteiger partial charge in [0.1, 0.15) is 0 Å². The number of nitrogens with two attached hydrogens (primary N) is 1. The fourth-order valence-corrected chi connectivity index (χ4v) is 1.91. The average molecular weight is 360 g/mol. The Morgan fingerprint density at radius 3 is 2.19 bits per heavy atom. The molecule has 0 bridgehead atoms. The Bertz CT molecular complexity index is 893. The first-order valence-electron chi connectivity index (χ1n) is 6.95. The molecule has 0 aromatic heterocycles. The Labute approximate surface area is 145 Å². The molecule has 0 spiro atoms. The molecule has 0 aliphatic carbocycles. The topological polar surface area (TPSA) is 160 Å². The molecule has 2 aromatic carbocycles. The highest BCUT2D eigenvalue weighted by Gasteiger charge is 2.19. The first-order chi connectivity index (χ1) is 12.3. The van der Waals surface area contributed by atoms with E-state index >= 15 is 0 Å². The van der Waals surface area contributed by atoms with Crippen molar-refractivity contribution in [3.05, 3.63) is 73.8 Å². The zero-order chi connectivity index (χ0) is 19.3. The average Bonchev–Trinajstić information content (AvgIpc) is 2.65. The van der Waals surface area contributed by atoms with Gasteiger partial charge in [-0.05, 0) is 24.3 Å². The van der Waals surface area contributed by atoms with Crippen LogP contribution in [0.15, 0.2) is 47.6 Å². The van der Waals surface area contributed by atoms with Crippen LogP contribution in [0.4, 0.5) is 11.4 Å². The van der Waals surface area contributed by atoms with Crippen LogP contribution >= 0.6 is 0 Å². The van der Waals surface area contributed by atoms with Gasteiger partial charge < -0.3 is 15.3 Å². The van der Waals surface area contributed by atoms with Gasteiger partial charge in [-0.1, -0.05) is 5.16 Å². The Hall–Kier alpha value is -4.02. The lowest BCUT2D eigenvalue weighted by Crippen LogP contribution is -2.15. The molecule has 0 aliphatic rings. The van der Waals surface area contributed by atoms with E-state index < -0.39 is 21.5 Å². The zero-order valence-corrected chi connectivity index (χ0v) is 13.3. The minimum Gasteiger partial charge on any atom is -0.490 e. The number of amidine groups is 1.